The van der Waals surface area contributed by atoms with Crippen molar-refractivity contribution < 1.29 is 9.53 Å². The molecule has 192 valence electrons. The maximum Gasteiger partial charge on any atom is 0.338 e. The molecule has 1 aliphatic heterocycles. The topological polar surface area (TPSA) is 60.7 Å². The normalized spacial score (nSPS) is 15.2. The number of esters is 1. The summed E-state index contributed by atoms with van der Waals surface area (Å²) in [6.07, 6.45) is 5.93. The highest BCUT2D eigenvalue weighted by Crippen LogP contribution is 2.35. The van der Waals surface area contributed by atoms with Crippen molar-refractivity contribution in [2.24, 2.45) is 4.99 Å². The molecule has 4 aromatic rings. The van der Waals surface area contributed by atoms with Gasteiger partial charge in [0.25, 0.3) is 5.56 Å². The van der Waals surface area contributed by atoms with Gasteiger partial charge >= 0.3 is 5.97 Å². The summed E-state index contributed by atoms with van der Waals surface area (Å²) in [5.41, 5.74) is 3.26. The number of carbonyl (C=O) groups is 1. The smallest absolute Gasteiger partial charge is 0.338 e. The fraction of sp³-hybridized carbons (Fsp3) is 0.167. The van der Waals surface area contributed by atoms with Crippen LogP contribution < -0.4 is 14.9 Å². The van der Waals surface area contributed by atoms with Crippen LogP contribution in [0.4, 0.5) is 0 Å². The van der Waals surface area contributed by atoms with Crippen LogP contribution in [0.2, 0.25) is 0 Å². The van der Waals surface area contributed by atoms with Gasteiger partial charge in [-0.15, -0.1) is 23.5 Å². The van der Waals surface area contributed by atoms with Gasteiger partial charge in [-0.2, -0.15) is 0 Å². The van der Waals surface area contributed by atoms with Gasteiger partial charge in [0.2, 0.25) is 0 Å². The van der Waals surface area contributed by atoms with Gasteiger partial charge in [0.1, 0.15) is 0 Å². The van der Waals surface area contributed by atoms with E-state index < -0.39 is 12.0 Å². The van der Waals surface area contributed by atoms with E-state index >= 15 is 0 Å². The SMILES string of the molecule is CCOC(=O)C1=C(c2ccccc2)N=c2s/c(=C\c3ccc(SC)cc3)c(=O)n2[C@@H]1c1ccc(SC)cc1. The first-order chi connectivity index (χ1) is 18.5. The van der Waals surface area contributed by atoms with E-state index in [1.165, 1.54) is 11.3 Å². The van der Waals surface area contributed by atoms with Crippen LogP contribution in [0.5, 0.6) is 0 Å². The van der Waals surface area contributed by atoms with Crippen molar-refractivity contribution in [3.8, 4) is 0 Å². The Balaban J connectivity index is 1.79. The predicted molar refractivity (Wildman–Crippen MR) is 158 cm³/mol. The minimum absolute atomic E-state index is 0.185. The first-order valence-electron chi connectivity index (χ1n) is 12.1. The van der Waals surface area contributed by atoms with E-state index in [4.69, 9.17) is 9.73 Å². The summed E-state index contributed by atoms with van der Waals surface area (Å²) in [5.74, 6) is -0.476. The lowest BCUT2D eigenvalue weighted by Crippen LogP contribution is -2.40. The Morgan fingerprint density at radius 3 is 2.21 bits per heavy atom. The van der Waals surface area contributed by atoms with E-state index in [0.29, 0.717) is 20.6 Å². The summed E-state index contributed by atoms with van der Waals surface area (Å²) < 4.78 is 7.72. The Hall–Kier alpha value is -3.33. The zero-order valence-electron chi connectivity index (χ0n) is 21.2. The second-order valence-electron chi connectivity index (χ2n) is 8.48. The standard InChI is InChI=1S/C30H26N2O3S3/c1-4-35-29(34)25-26(20-8-6-5-7-9-20)31-30-32(27(25)21-12-16-23(37-3)17-13-21)28(33)24(38-30)18-19-10-14-22(36-2)15-11-19/h5-18,27H,4H2,1-3H3/b24-18-/t27-/m1/s1. The molecule has 0 saturated heterocycles. The lowest BCUT2D eigenvalue weighted by atomic mass is 9.93. The summed E-state index contributed by atoms with van der Waals surface area (Å²) in [4.78, 5) is 35.1. The van der Waals surface area contributed by atoms with Crippen LogP contribution >= 0.6 is 34.9 Å². The summed E-state index contributed by atoms with van der Waals surface area (Å²) in [6.45, 7) is 2.00. The lowest BCUT2D eigenvalue weighted by Gasteiger charge is -2.26. The number of aromatic nitrogens is 1. The quantitative estimate of drug-likeness (QED) is 0.225. The van der Waals surface area contributed by atoms with Gasteiger partial charge < -0.3 is 4.74 Å². The summed E-state index contributed by atoms with van der Waals surface area (Å²) >= 11 is 4.64. The van der Waals surface area contributed by atoms with Gasteiger partial charge in [-0.25, -0.2) is 9.79 Å². The van der Waals surface area contributed by atoms with Crippen molar-refractivity contribution >= 4 is 52.6 Å². The molecule has 0 bridgehead atoms. The monoisotopic (exact) mass is 558 g/mol. The van der Waals surface area contributed by atoms with Crippen molar-refractivity contribution in [1.29, 1.82) is 0 Å². The Morgan fingerprint density at radius 2 is 1.61 bits per heavy atom. The molecule has 8 heteroatoms. The van der Waals surface area contributed by atoms with Crippen molar-refractivity contribution in [2.75, 3.05) is 19.1 Å². The third-order valence-electron chi connectivity index (χ3n) is 6.22. The third-order valence-corrected chi connectivity index (χ3v) is 8.69. The Morgan fingerprint density at radius 1 is 0.974 bits per heavy atom. The maximum atomic E-state index is 13.9. The Kier molecular flexibility index (Phi) is 8.02. The zero-order valence-corrected chi connectivity index (χ0v) is 23.7. The molecule has 3 aromatic carbocycles. The van der Waals surface area contributed by atoms with Crippen molar-refractivity contribution in [3.63, 3.8) is 0 Å². The van der Waals surface area contributed by atoms with E-state index in [0.717, 1.165) is 26.5 Å². The van der Waals surface area contributed by atoms with Crippen LogP contribution in [0.15, 0.2) is 104 Å². The van der Waals surface area contributed by atoms with Crippen molar-refractivity contribution in [3.05, 3.63) is 121 Å². The highest BCUT2D eigenvalue weighted by Gasteiger charge is 2.35. The number of hydrogen-bond acceptors (Lipinski definition) is 7. The molecule has 0 unspecified atom stereocenters. The number of thioether (sulfide) groups is 2. The predicted octanol–water partition coefficient (Wildman–Crippen LogP) is 5.38. The average Bonchev–Trinajstić information content (AvgIpc) is 3.27. The minimum atomic E-state index is -0.669. The minimum Gasteiger partial charge on any atom is -0.463 e. The second-order valence-corrected chi connectivity index (χ2v) is 11.2. The van der Waals surface area contributed by atoms with Gasteiger partial charge in [-0.3, -0.25) is 9.36 Å². The second kappa shape index (κ2) is 11.6. The molecule has 1 aromatic heterocycles. The molecule has 5 nitrogen and oxygen atoms in total. The number of ether oxygens (including phenoxy) is 1. The number of carbonyl (C=O) groups excluding carboxylic acids is 1. The van der Waals surface area contributed by atoms with Gasteiger partial charge in [-0.05, 0) is 60.9 Å². The number of fused-ring (bicyclic) bond motifs is 1. The molecule has 0 amide bonds. The molecule has 0 saturated carbocycles. The van der Waals surface area contributed by atoms with E-state index in [2.05, 4.69) is 0 Å². The fourth-order valence-electron chi connectivity index (χ4n) is 4.39. The van der Waals surface area contributed by atoms with E-state index in [1.54, 1.807) is 35.0 Å². The summed E-state index contributed by atoms with van der Waals surface area (Å²) in [6, 6.07) is 25.0. The van der Waals surface area contributed by atoms with Gasteiger partial charge in [0, 0.05) is 15.4 Å². The molecule has 0 N–H and O–H groups in total. The molecule has 0 aliphatic carbocycles. The van der Waals surface area contributed by atoms with E-state index in [9.17, 15) is 9.59 Å². The van der Waals surface area contributed by atoms with Crippen LogP contribution in [0.3, 0.4) is 0 Å². The molecule has 1 aliphatic rings. The largest absolute Gasteiger partial charge is 0.463 e. The molecule has 2 heterocycles. The van der Waals surface area contributed by atoms with Crippen LogP contribution in [0.1, 0.15) is 29.7 Å². The number of hydrogen-bond donors (Lipinski definition) is 0. The van der Waals surface area contributed by atoms with Crippen LogP contribution in [0.25, 0.3) is 11.8 Å². The van der Waals surface area contributed by atoms with E-state index in [-0.39, 0.29) is 12.2 Å². The zero-order chi connectivity index (χ0) is 26.6. The van der Waals surface area contributed by atoms with Gasteiger partial charge in [0.05, 0.1) is 28.5 Å². The highest BCUT2D eigenvalue weighted by atomic mass is 32.2. The molecule has 5 rings (SSSR count). The molecule has 0 radical (unpaired) electrons. The summed E-state index contributed by atoms with van der Waals surface area (Å²) in [5, 5.41) is 0. The van der Waals surface area contributed by atoms with Crippen LogP contribution in [0, 0.1) is 0 Å². The molecule has 0 fully saturated rings. The van der Waals surface area contributed by atoms with Gasteiger partial charge in [0.15, 0.2) is 4.80 Å². The molecule has 0 spiro atoms. The van der Waals surface area contributed by atoms with Crippen molar-refractivity contribution in [1.82, 2.24) is 4.57 Å². The number of benzene rings is 3. The third kappa shape index (κ3) is 5.16. The highest BCUT2D eigenvalue weighted by molar-refractivity contribution is 7.98. The number of thiazole rings is 1. The van der Waals surface area contributed by atoms with Crippen LogP contribution in [-0.2, 0) is 9.53 Å². The van der Waals surface area contributed by atoms with Gasteiger partial charge in [-0.1, -0.05) is 65.9 Å². The molecular weight excluding hydrogens is 533 g/mol. The molecule has 1 atom stereocenters. The first kappa shape index (κ1) is 26.3. The first-order valence-corrected chi connectivity index (χ1v) is 15.4. The Bertz CT molecular complexity index is 1670. The van der Waals surface area contributed by atoms with E-state index in [1.807, 2.05) is 97.5 Å². The summed E-state index contributed by atoms with van der Waals surface area (Å²) in [7, 11) is 0. The Labute approximate surface area is 233 Å². The lowest BCUT2D eigenvalue weighted by molar-refractivity contribution is -0.138. The number of rotatable bonds is 7. The maximum absolute atomic E-state index is 13.9. The van der Waals surface area contributed by atoms with Crippen LogP contribution in [-0.4, -0.2) is 29.7 Å². The average molecular weight is 559 g/mol. The number of nitrogens with zero attached hydrogens (tertiary/aromatic N) is 2. The molecule has 38 heavy (non-hydrogen) atoms. The molecular formula is C30H26N2O3S3. The fourth-order valence-corrected chi connectivity index (χ4v) is 6.21. The van der Waals surface area contributed by atoms with Crippen molar-refractivity contribution in [2.45, 2.75) is 22.8 Å².